The summed E-state index contributed by atoms with van der Waals surface area (Å²) in [7, 11) is 0. The van der Waals surface area contributed by atoms with Crippen molar-refractivity contribution in [3.8, 4) is 0 Å². The maximum absolute atomic E-state index is 13.1. The number of thioether (sulfide) groups is 1. The molecule has 30 heavy (non-hydrogen) atoms. The van der Waals surface area contributed by atoms with Crippen molar-refractivity contribution in [2.75, 3.05) is 0 Å². The van der Waals surface area contributed by atoms with Gasteiger partial charge in [0.2, 0.25) is 5.91 Å². The molecular weight excluding hydrogens is 414 g/mol. The smallest absolute Gasteiger partial charge is 0.242 e. The van der Waals surface area contributed by atoms with Gasteiger partial charge in [-0.15, -0.1) is 5.10 Å². The van der Waals surface area contributed by atoms with Crippen molar-refractivity contribution in [2.24, 2.45) is 10.2 Å². The molecule has 6 heteroatoms. The number of fused-ring (bicyclic) bond motifs is 1. The van der Waals surface area contributed by atoms with Crippen molar-refractivity contribution in [3.05, 3.63) is 82.9 Å². The highest BCUT2D eigenvalue weighted by atomic mass is 35.5. The Morgan fingerprint density at radius 3 is 2.63 bits per heavy atom. The third-order valence-electron chi connectivity index (χ3n) is 5.00. The summed E-state index contributed by atoms with van der Waals surface area (Å²) in [6.07, 6.45) is 3.46. The van der Waals surface area contributed by atoms with Crippen LogP contribution in [-0.4, -0.2) is 27.4 Å². The zero-order chi connectivity index (χ0) is 20.9. The van der Waals surface area contributed by atoms with E-state index >= 15 is 0 Å². The lowest BCUT2D eigenvalue weighted by Crippen LogP contribution is -2.31. The van der Waals surface area contributed by atoms with Crippen molar-refractivity contribution in [2.45, 2.75) is 31.6 Å². The lowest BCUT2D eigenvalue weighted by molar-refractivity contribution is -0.126. The van der Waals surface area contributed by atoms with Gasteiger partial charge in [0.25, 0.3) is 0 Å². The van der Waals surface area contributed by atoms with E-state index in [4.69, 9.17) is 11.6 Å². The van der Waals surface area contributed by atoms with E-state index in [1.54, 1.807) is 11.1 Å². The van der Waals surface area contributed by atoms with Crippen LogP contribution in [0.25, 0.3) is 10.8 Å². The Labute approximate surface area is 185 Å². The molecule has 4 rings (SSSR count). The summed E-state index contributed by atoms with van der Waals surface area (Å²) in [5.74, 6) is 0.107. The van der Waals surface area contributed by atoms with Gasteiger partial charge in [-0.05, 0) is 40.5 Å². The van der Waals surface area contributed by atoms with Crippen LogP contribution in [0.4, 0.5) is 0 Å². The van der Waals surface area contributed by atoms with Gasteiger partial charge in [0, 0.05) is 5.02 Å². The monoisotopic (exact) mass is 435 g/mol. The van der Waals surface area contributed by atoms with Crippen LogP contribution in [0.15, 0.2) is 76.9 Å². The number of hydrogen-bond acceptors (Lipinski definition) is 4. The highest BCUT2D eigenvalue weighted by Crippen LogP contribution is 2.32. The molecule has 1 aliphatic heterocycles. The van der Waals surface area contributed by atoms with Gasteiger partial charge in [0.15, 0.2) is 5.17 Å². The Morgan fingerprint density at radius 2 is 1.83 bits per heavy atom. The molecule has 0 bridgehead atoms. The van der Waals surface area contributed by atoms with Gasteiger partial charge in [-0.2, -0.15) is 5.10 Å². The number of benzene rings is 3. The summed E-state index contributed by atoms with van der Waals surface area (Å²) in [6, 6.07) is 21.8. The molecule has 3 aromatic rings. The van der Waals surface area contributed by atoms with Crippen LogP contribution in [-0.2, 0) is 11.3 Å². The first-order chi connectivity index (χ1) is 14.7. The van der Waals surface area contributed by atoms with Crippen LogP contribution in [0.1, 0.15) is 30.9 Å². The van der Waals surface area contributed by atoms with Crippen molar-refractivity contribution in [1.82, 2.24) is 4.90 Å². The van der Waals surface area contributed by atoms with E-state index in [9.17, 15) is 4.79 Å². The molecule has 4 nitrogen and oxygen atoms in total. The zero-order valence-corrected chi connectivity index (χ0v) is 18.2. The lowest BCUT2D eigenvalue weighted by atomic mass is 10.0. The molecule has 0 saturated carbocycles. The first-order valence-electron chi connectivity index (χ1n) is 9.97. The fourth-order valence-corrected chi connectivity index (χ4v) is 4.81. The molecule has 1 unspecified atom stereocenters. The number of carbonyl (C=O) groups excluding carboxylic acids is 1. The average Bonchev–Trinajstić information content (AvgIpc) is 3.05. The first-order valence-corrected chi connectivity index (χ1v) is 11.2. The second-order valence-corrected chi connectivity index (χ2v) is 8.74. The summed E-state index contributed by atoms with van der Waals surface area (Å²) in [6.45, 7) is 2.58. The highest BCUT2D eigenvalue weighted by molar-refractivity contribution is 8.15. The Bertz CT molecular complexity index is 1110. The minimum atomic E-state index is -0.102. The normalized spacial score (nSPS) is 18.2. The second-order valence-electron chi connectivity index (χ2n) is 7.14. The molecule has 3 aromatic carbocycles. The summed E-state index contributed by atoms with van der Waals surface area (Å²) >= 11 is 7.43. The van der Waals surface area contributed by atoms with Crippen LogP contribution >= 0.6 is 23.4 Å². The molecule has 1 aliphatic rings. The number of carbonyl (C=O) groups is 1. The van der Waals surface area contributed by atoms with Gasteiger partial charge >= 0.3 is 0 Å². The number of amidine groups is 1. The first kappa shape index (κ1) is 20.6. The minimum absolute atomic E-state index is 0.102. The van der Waals surface area contributed by atoms with Crippen molar-refractivity contribution in [3.63, 3.8) is 0 Å². The van der Waals surface area contributed by atoms with Crippen molar-refractivity contribution in [1.29, 1.82) is 0 Å². The van der Waals surface area contributed by atoms with Gasteiger partial charge in [0.05, 0.1) is 18.0 Å². The van der Waals surface area contributed by atoms with Crippen molar-refractivity contribution < 1.29 is 4.79 Å². The van der Waals surface area contributed by atoms with Crippen LogP contribution in [0, 0.1) is 0 Å². The largest absolute Gasteiger partial charge is 0.284 e. The van der Waals surface area contributed by atoms with E-state index in [2.05, 4.69) is 41.4 Å². The number of hydrogen-bond donors (Lipinski definition) is 0. The van der Waals surface area contributed by atoms with E-state index in [0.717, 1.165) is 29.4 Å². The maximum atomic E-state index is 13.1. The predicted molar refractivity (Wildman–Crippen MR) is 127 cm³/mol. The van der Waals surface area contributed by atoms with Gasteiger partial charge < -0.3 is 0 Å². The minimum Gasteiger partial charge on any atom is -0.284 e. The second kappa shape index (κ2) is 9.45. The molecule has 0 N–H and O–H groups in total. The summed E-state index contributed by atoms with van der Waals surface area (Å²) < 4.78 is 0. The Morgan fingerprint density at radius 1 is 1.07 bits per heavy atom. The fourth-order valence-electron chi connectivity index (χ4n) is 3.47. The molecule has 1 amide bonds. The molecule has 0 aromatic heterocycles. The molecule has 1 atom stereocenters. The van der Waals surface area contributed by atoms with Gasteiger partial charge in [-0.3, -0.25) is 9.69 Å². The van der Waals surface area contributed by atoms with Crippen molar-refractivity contribution >= 4 is 51.4 Å². The van der Waals surface area contributed by atoms with E-state index < -0.39 is 0 Å². The Kier molecular flexibility index (Phi) is 6.50. The van der Waals surface area contributed by atoms with Gasteiger partial charge in [-0.25, -0.2) is 0 Å². The fraction of sp³-hybridized carbons (Fsp3) is 0.208. The van der Waals surface area contributed by atoms with E-state index in [1.165, 1.54) is 17.1 Å². The van der Waals surface area contributed by atoms with Gasteiger partial charge in [-0.1, -0.05) is 91.3 Å². The van der Waals surface area contributed by atoms with Crippen LogP contribution in [0.2, 0.25) is 5.02 Å². The SMILES string of the molecule is CCCC1S/C(=N\N=C\c2ccc(Cl)cc2)N(Cc2cccc3ccccc23)C1=O. The molecule has 0 aliphatic carbocycles. The van der Waals surface area contributed by atoms with E-state index in [0.29, 0.717) is 16.7 Å². The molecule has 0 spiro atoms. The number of nitrogens with zero attached hydrogens (tertiary/aromatic N) is 3. The summed E-state index contributed by atoms with van der Waals surface area (Å²) in [5.41, 5.74) is 2.01. The third kappa shape index (κ3) is 4.58. The van der Waals surface area contributed by atoms with Crippen LogP contribution in [0.3, 0.4) is 0 Å². The van der Waals surface area contributed by atoms with Gasteiger partial charge in [0.1, 0.15) is 0 Å². The van der Waals surface area contributed by atoms with Crippen LogP contribution in [0.5, 0.6) is 0 Å². The molecule has 1 saturated heterocycles. The van der Waals surface area contributed by atoms with E-state index in [1.807, 2.05) is 42.5 Å². The zero-order valence-electron chi connectivity index (χ0n) is 16.7. The standard InChI is InChI=1S/C24H22ClN3OS/c1-2-6-22-23(29)28(16-19-9-5-8-18-7-3-4-10-21(18)19)24(30-22)27-26-15-17-11-13-20(25)14-12-17/h3-5,7-15,22H,2,6,16H2,1H3/b26-15+,27-24-. The quantitative estimate of drug-likeness (QED) is 0.345. The molecule has 1 heterocycles. The van der Waals surface area contributed by atoms with E-state index in [-0.39, 0.29) is 11.2 Å². The molecule has 152 valence electrons. The molecular formula is C24H22ClN3OS. The topological polar surface area (TPSA) is 45.0 Å². The Balaban J connectivity index is 1.62. The number of rotatable bonds is 6. The summed E-state index contributed by atoms with van der Waals surface area (Å²) in [4.78, 5) is 14.8. The number of amides is 1. The molecule has 1 fully saturated rings. The third-order valence-corrected chi connectivity index (χ3v) is 6.49. The predicted octanol–water partition coefficient (Wildman–Crippen LogP) is 6.13. The average molecular weight is 436 g/mol. The molecule has 0 radical (unpaired) electrons. The highest BCUT2D eigenvalue weighted by Gasteiger charge is 2.37. The lowest BCUT2D eigenvalue weighted by Gasteiger charge is -2.17. The number of halogens is 1. The maximum Gasteiger partial charge on any atom is 0.242 e. The summed E-state index contributed by atoms with van der Waals surface area (Å²) in [5, 5.41) is 12.2. The van der Waals surface area contributed by atoms with Crippen LogP contribution < -0.4 is 0 Å². The Hall–Kier alpha value is -2.63.